The zero-order valence-corrected chi connectivity index (χ0v) is 17.2. The molecule has 3 aromatic rings. The topological polar surface area (TPSA) is 46.0 Å². The van der Waals surface area contributed by atoms with E-state index in [0.29, 0.717) is 6.54 Å². The van der Waals surface area contributed by atoms with E-state index in [0.717, 1.165) is 33.9 Å². The quantitative estimate of drug-likeness (QED) is 0.653. The predicted molar refractivity (Wildman–Crippen MR) is 110 cm³/mol. The van der Waals surface area contributed by atoms with Crippen LogP contribution in [0.2, 0.25) is 0 Å². The van der Waals surface area contributed by atoms with Crippen LogP contribution in [0.1, 0.15) is 22.5 Å². The number of benzene rings is 1. The van der Waals surface area contributed by atoms with Crippen molar-refractivity contribution in [1.29, 1.82) is 0 Å². The van der Waals surface area contributed by atoms with Gasteiger partial charge in [0.15, 0.2) is 0 Å². The Labute approximate surface area is 163 Å². The molecule has 0 aliphatic carbocycles. The molecular formula is C20H24BrN5. The summed E-state index contributed by atoms with van der Waals surface area (Å²) in [6, 6.07) is 12.3. The maximum atomic E-state index is 4.71. The fourth-order valence-corrected chi connectivity index (χ4v) is 3.24. The smallest absolute Gasteiger partial charge is 0.126 e. The molecule has 0 saturated heterocycles. The highest BCUT2D eigenvalue weighted by Gasteiger charge is 2.13. The number of nitrogens with zero attached hydrogens (tertiary/aromatic N) is 4. The van der Waals surface area contributed by atoms with Crippen LogP contribution in [0.15, 0.2) is 47.1 Å². The van der Waals surface area contributed by atoms with E-state index in [-0.39, 0.29) is 0 Å². The number of halogens is 1. The number of nitrogens with one attached hydrogen (secondary N) is 1. The molecule has 6 heteroatoms. The lowest BCUT2D eigenvalue weighted by atomic mass is 10.2. The SMILES string of the molecule is Cc1nn(-c2ccc(Br)cc2)c(C)c1CNc1cc(CN(C)C)ccn1. The van der Waals surface area contributed by atoms with Crippen LogP contribution in [-0.4, -0.2) is 33.8 Å². The fraction of sp³-hybridized carbons (Fsp3) is 0.300. The minimum absolute atomic E-state index is 0.701. The van der Waals surface area contributed by atoms with Gasteiger partial charge in [0.2, 0.25) is 0 Å². The first-order chi connectivity index (χ1) is 12.4. The molecule has 5 nitrogen and oxygen atoms in total. The largest absolute Gasteiger partial charge is 0.366 e. The molecule has 0 fully saturated rings. The lowest BCUT2D eigenvalue weighted by molar-refractivity contribution is 0.402. The van der Waals surface area contributed by atoms with Crippen LogP contribution in [0.5, 0.6) is 0 Å². The van der Waals surface area contributed by atoms with E-state index in [4.69, 9.17) is 5.10 Å². The lowest BCUT2D eigenvalue weighted by Gasteiger charge is -2.11. The molecule has 3 rings (SSSR count). The van der Waals surface area contributed by atoms with Crippen LogP contribution in [0, 0.1) is 13.8 Å². The minimum atomic E-state index is 0.701. The number of pyridine rings is 1. The third-order valence-corrected chi connectivity index (χ3v) is 4.81. The van der Waals surface area contributed by atoms with Gasteiger partial charge in [-0.25, -0.2) is 9.67 Å². The molecular weight excluding hydrogens is 390 g/mol. The molecule has 0 unspecified atom stereocenters. The molecule has 0 aliphatic heterocycles. The van der Waals surface area contributed by atoms with Crippen molar-refractivity contribution in [1.82, 2.24) is 19.7 Å². The second-order valence-corrected chi connectivity index (χ2v) is 7.59. The first kappa shape index (κ1) is 18.6. The molecule has 1 N–H and O–H groups in total. The lowest BCUT2D eigenvalue weighted by Crippen LogP contribution is -2.11. The van der Waals surface area contributed by atoms with Gasteiger partial charge in [-0.1, -0.05) is 15.9 Å². The van der Waals surface area contributed by atoms with E-state index >= 15 is 0 Å². The van der Waals surface area contributed by atoms with E-state index in [9.17, 15) is 0 Å². The van der Waals surface area contributed by atoms with E-state index < -0.39 is 0 Å². The van der Waals surface area contributed by atoms with Crippen LogP contribution in [-0.2, 0) is 13.1 Å². The highest BCUT2D eigenvalue weighted by Crippen LogP contribution is 2.21. The van der Waals surface area contributed by atoms with Gasteiger partial charge in [0.05, 0.1) is 11.4 Å². The van der Waals surface area contributed by atoms with Gasteiger partial charge in [0.25, 0.3) is 0 Å². The predicted octanol–water partition coefficient (Wildman–Crippen LogP) is 4.32. The van der Waals surface area contributed by atoms with Crippen molar-refractivity contribution >= 4 is 21.7 Å². The number of aromatic nitrogens is 3. The van der Waals surface area contributed by atoms with Gasteiger partial charge < -0.3 is 10.2 Å². The molecule has 0 aliphatic rings. The van der Waals surface area contributed by atoms with Gasteiger partial charge in [-0.15, -0.1) is 0 Å². The van der Waals surface area contributed by atoms with E-state index in [2.05, 4.69) is 77.3 Å². The van der Waals surface area contributed by atoms with Gasteiger partial charge in [0, 0.05) is 35.0 Å². The zero-order valence-electron chi connectivity index (χ0n) is 15.6. The molecule has 0 bridgehead atoms. The fourth-order valence-electron chi connectivity index (χ4n) is 2.98. The Morgan fingerprint density at radius 1 is 1.12 bits per heavy atom. The van der Waals surface area contributed by atoms with E-state index in [1.54, 1.807) is 0 Å². The summed E-state index contributed by atoms with van der Waals surface area (Å²) in [5, 5.41) is 8.15. The summed E-state index contributed by atoms with van der Waals surface area (Å²) in [4.78, 5) is 6.58. The molecule has 0 amide bonds. The summed E-state index contributed by atoms with van der Waals surface area (Å²) >= 11 is 3.48. The Balaban J connectivity index is 1.78. The average molecular weight is 414 g/mol. The average Bonchev–Trinajstić information content (AvgIpc) is 2.88. The normalized spacial score (nSPS) is 11.2. The molecule has 2 heterocycles. The molecule has 1 aromatic carbocycles. The minimum Gasteiger partial charge on any atom is -0.366 e. The number of anilines is 1. The summed E-state index contributed by atoms with van der Waals surface area (Å²) in [7, 11) is 4.13. The van der Waals surface area contributed by atoms with Crippen molar-refractivity contribution in [3.63, 3.8) is 0 Å². The van der Waals surface area contributed by atoms with Gasteiger partial charge in [-0.05, 0) is 69.9 Å². The number of hydrogen-bond donors (Lipinski definition) is 1. The molecule has 0 spiro atoms. The maximum absolute atomic E-state index is 4.71. The summed E-state index contributed by atoms with van der Waals surface area (Å²) < 4.78 is 3.06. The molecule has 0 radical (unpaired) electrons. The molecule has 0 saturated carbocycles. The third-order valence-electron chi connectivity index (χ3n) is 4.28. The summed E-state index contributed by atoms with van der Waals surface area (Å²) in [6.45, 7) is 5.76. The Bertz CT molecular complexity index is 884. The third kappa shape index (κ3) is 4.31. The monoisotopic (exact) mass is 413 g/mol. The highest BCUT2D eigenvalue weighted by atomic mass is 79.9. The number of hydrogen-bond acceptors (Lipinski definition) is 4. The van der Waals surface area contributed by atoms with Crippen LogP contribution in [0.25, 0.3) is 5.69 Å². The van der Waals surface area contributed by atoms with Crippen molar-refractivity contribution < 1.29 is 0 Å². The second-order valence-electron chi connectivity index (χ2n) is 6.68. The van der Waals surface area contributed by atoms with E-state index in [1.807, 2.05) is 29.1 Å². The second kappa shape index (κ2) is 8.01. The highest BCUT2D eigenvalue weighted by molar-refractivity contribution is 9.10. The molecule has 136 valence electrons. The van der Waals surface area contributed by atoms with E-state index in [1.165, 1.54) is 11.1 Å². The van der Waals surface area contributed by atoms with Gasteiger partial charge in [0.1, 0.15) is 5.82 Å². The molecule has 0 atom stereocenters. The van der Waals surface area contributed by atoms with Crippen molar-refractivity contribution in [2.75, 3.05) is 19.4 Å². The van der Waals surface area contributed by atoms with Gasteiger partial charge in [-0.3, -0.25) is 0 Å². The van der Waals surface area contributed by atoms with Crippen LogP contribution < -0.4 is 5.32 Å². The number of rotatable bonds is 6. The Hall–Kier alpha value is -2.18. The molecule has 26 heavy (non-hydrogen) atoms. The van der Waals surface area contributed by atoms with Gasteiger partial charge >= 0.3 is 0 Å². The molecule has 2 aromatic heterocycles. The first-order valence-corrected chi connectivity index (χ1v) is 9.38. The van der Waals surface area contributed by atoms with Crippen LogP contribution in [0.3, 0.4) is 0 Å². The summed E-state index contributed by atoms with van der Waals surface area (Å²) in [6.07, 6.45) is 1.85. The van der Waals surface area contributed by atoms with Crippen LogP contribution >= 0.6 is 15.9 Å². The van der Waals surface area contributed by atoms with Gasteiger partial charge in [-0.2, -0.15) is 5.10 Å². The van der Waals surface area contributed by atoms with Crippen molar-refractivity contribution in [3.05, 3.63) is 69.6 Å². The summed E-state index contributed by atoms with van der Waals surface area (Å²) in [5.74, 6) is 0.888. The number of aryl methyl sites for hydroxylation is 1. The zero-order chi connectivity index (χ0) is 18.7. The van der Waals surface area contributed by atoms with Crippen molar-refractivity contribution in [3.8, 4) is 5.69 Å². The summed E-state index contributed by atoms with van der Waals surface area (Å²) in [5.41, 5.74) is 5.68. The van der Waals surface area contributed by atoms with Crippen LogP contribution in [0.4, 0.5) is 5.82 Å². The van der Waals surface area contributed by atoms with Crippen molar-refractivity contribution in [2.24, 2.45) is 0 Å². The van der Waals surface area contributed by atoms with Crippen molar-refractivity contribution in [2.45, 2.75) is 26.9 Å². The Morgan fingerprint density at radius 2 is 1.85 bits per heavy atom. The standard InChI is InChI=1S/C20H24BrN5/c1-14-19(12-23-20-11-16(9-10-22-20)13-25(3)4)15(2)26(24-14)18-7-5-17(21)6-8-18/h5-11H,12-13H2,1-4H3,(H,22,23). The maximum Gasteiger partial charge on any atom is 0.126 e. The Kier molecular flexibility index (Phi) is 5.74. The Morgan fingerprint density at radius 3 is 2.54 bits per heavy atom. The first-order valence-electron chi connectivity index (χ1n) is 8.58.